The van der Waals surface area contributed by atoms with E-state index in [1.165, 1.54) is 0 Å². The summed E-state index contributed by atoms with van der Waals surface area (Å²) in [7, 11) is 0. The van der Waals surface area contributed by atoms with Crippen LogP contribution in [0.1, 0.15) is 33.4 Å². The fourth-order valence-corrected chi connectivity index (χ4v) is 3.21. The first-order chi connectivity index (χ1) is 14.4. The van der Waals surface area contributed by atoms with Crippen LogP contribution in [0, 0.1) is 20.8 Å². The zero-order valence-electron chi connectivity index (χ0n) is 16.8. The molecule has 152 valence electrons. The molecule has 0 radical (unpaired) electrons. The average Bonchev–Trinajstić information content (AvgIpc) is 3.29. The van der Waals surface area contributed by atoms with Crippen LogP contribution in [-0.4, -0.2) is 35.4 Å². The van der Waals surface area contributed by atoms with Crippen LogP contribution >= 0.6 is 11.6 Å². The first-order valence-electron chi connectivity index (χ1n) is 9.37. The molecule has 0 spiro atoms. The summed E-state index contributed by atoms with van der Waals surface area (Å²) in [6, 6.07) is 12.9. The number of carbonyl (C=O) groups excluding carboxylic acids is 1. The molecule has 30 heavy (non-hydrogen) atoms. The van der Waals surface area contributed by atoms with E-state index in [4.69, 9.17) is 11.6 Å². The number of rotatable bonds is 5. The number of aryl methyl sites for hydroxylation is 3. The molecule has 4 aromatic rings. The van der Waals surface area contributed by atoms with Crippen LogP contribution in [0.3, 0.4) is 0 Å². The number of benzene rings is 1. The highest BCUT2D eigenvalue weighted by atomic mass is 35.5. The second-order valence-corrected chi connectivity index (χ2v) is 7.35. The molecule has 1 N–H and O–H groups in total. The van der Waals surface area contributed by atoms with Crippen molar-refractivity contribution in [2.45, 2.75) is 27.3 Å². The second-order valence-electron chi connectivity index (χ2n) is 6.92. The maximum atomic E-state index is 12.5. The van der Waals surface area contributed by atoms with E-state index in [9.17, 15) is 4.79 Å². The van der Waals surface area contributed by atoms with Crippen LogP contribution < -0.4 is 5.32 Å². The predicted molar refractivity (Wildman–Crippen MR) is 113 cm³/mol. The van der Waals surface area contributed by atoms with Gasteiger partial charge in [0.25, 0.3) is 5.91 Å². The van der Waals surface area contributed by atoms with Gasteiger partial charge in [-0.25, -0.2) is 19.3 Å². The molecule has 1 aromatic carbocycles. The molecular formula is C21H20ClN7O. The van der Waals surface area contributed by atoms with Gasteiger partial charge in [-0.1, -0.05) is 17.7 Å². The molecule has 9 heteroatoms. The quantitative estimate of drug-likeness (QED) is 0.533. The number of nitrogens with zero attached hydrogens (tertiary/aromatic N) is 6. The number of carbonyl (C=O) groups is 1. The Bertz CT molecular complexity index is 1190. The van der Waals surface area contributed by atoms with Crippen LogP contribution in [-0.2, 0) is 6.54 Å². The molecule has 3 aromatic heterocycles. The number of pyridine rings is 1. The van der Waals surface area contributed by atoms with Crippen molar-refractivity contribution in [2.24, 2.45) is 0 Å². The summed E-state index contributed by atoms with van der Waals surface area (Å²) >= 11 is 5.93. The van der Waals surface area contributed by atoms with Gasteiger partial charge in [-0.05, 0) is 62.7 Å². The first kappa shape index (κ1) is 19.8. The number of aromatic nitrogens is 6. The lowest BCUT2D eigenvalue weighted by atomic mass is 10.3. The zero-order valence-corrected chi connectivity index (χ0v) is 17.6. The van der Waals surface area contributed by atoms with Gasteiger partial charge in [0.05, 0.1) is 11.4 Å². The lowest BCUT2D eigenvalue weighted by Crippen LogP contribution is -2.24. The highest BCUT2D eigenvalue weighted by Crippen LogP contribution is 2.14. The summed E-state index contributed by atoms with van der Waals surface area (Å²) in [5.74, 6) is 1.09. The molecule has 0 aliphatic rings. The van der Waals surface area contributed by atoms with E-state index in [0.717, 1.165) is 28.5 Å². The van der Waals surface area contributed by atoms with Crippen LogP contribution in [0.25, 0.3) is 11.5 Å². The monoisotopic (exact) mass is 421 g/mol. The lowest BCUT2D eigenvalue weighted by Gasteiger charge is -2.06. The molecule has 4 rings (SSSR count). The molecule has 1 amide bonds. The van der Waals surface area contributed by atoms with Crippen molar-refractivity contribution in [3.8, 4) is 11.5 Å². The summed E-state index contributed by atoms with van der Waals surface area (Å²) < 4.78 is 3.39. The smallest absolute Gasteiger partial charge is 0.291 e. The lowest BCUT2D eigenvalue weighted by molar-refractivity contribution is 0.0940. The normalized spacial score (nSPS) is 10.9. The van der Waals surface area contributed by atoms with Crippen molar-refractivity contribution in [2.75, 3.05) is 0 Å². The molecule has 0 bridgehead atoms. The zero-order chi connectivity index (χ0) is 21.3. The first-order valence-corrected chi connectivity index (χ1v) is 9.75. The van der Waals surface area contributed by atoms with Crippen LogP contribution in [0.5, 0.6) is 0 Å². The Balaban J connectivity index is 1.43. The van der Waals surface area contributed by atoms with Crippen LogP contribution in [0.15, 0.2) is 48.7 Å². The van der Waals surface area contributed by atoms with E-state index >= 15 is 0 Å². The molecular weight excluding hydrogens is 402 g/mol. The van der Waals surface area contributed by atoms with Gasteiger partial charge in [-0.3, -0.25) is 4.79 Å². The van der Waals surface area contributed by atoms with E-state index in [1.54, 1.807) is 34.6 Å². The molecule has 0 aliphatic heterocycles. The van der Waals surface area contributed by atoms with Crippen LogP contribution in [0.2, 0.25) is 5.02 Å². The van der Waals surface area contributed by atoms with Crippen molar-refractivity contribution in [3.05, 3.63) is 82.3 Å². The third-order valence-electron chi connectivity index (χ3n) is 4.53. The minimum absolute atomic E-state index is 0.106. The summed E-state index contributed by atoms with van der Waals surface area (Å²) in [5.41, 5.74) is 3.60. The molecule has 0 atom stereocenters. The van der Waals surface area contributed by atoms with E-state index in [0.29, 0.717) is 17.4 Å². The fourth-order valence-electron chi connectivity index (χ4n) is 3.08. The third kappa shape index (κ3) is 4.08. The minimum Gasteiger partial charge on any atom is -0.345 e. The van der Waals surface area contributed by atoms with Crippen molar-refractivity contribution >= 4 is 17.5 Å². The summed E-state index contributed by atoms with van der Waals surface area (Å²) in [5, 5.41) is 12.2. The number of amides is 1. The van der Waals surface area contributed by atoms with Gasteiger partial charge in [-0.2, -0.15) is 5.10 Å². The Labute approximate surface area is 178 Å². The van der Waals surface area contributed by atoms with Gasteiger partial charge in [0, 0.05) is 23.5 Å². The molecule has 8 nitrogen and oxygen atoms in total. The molecule has 3 heterocycles. The predicted octanol–water partition coefficient (Wildman–Crippen LogP) is 3.36. The molecule has 0 saturated carbocycles. The van der Waals surface area contributed by atoms with E-state index in [1.807, 2.05) is 44.2 Å². The van der Waals surface area contributed by atoms with E-state index < -0.39 is 0 Å². The van der Waals surface area contributed by atoms with Crippen molar-refractivity contribution < 1.29 is 4.79 Å². The number of hydrogen-bond acceptors (Lipinski definition) is 5. The maximum absolute atomic E-state index is 12.5. The van der Waals surface area contributed by atoms with E-state index in [2.05, 4.69) is 25.5 Å². The minimum atomic E-state index is -0.353. The van der Waals surface area contributed by atoms with Gasteiger partial charge >= 0.3 is 0 Å². The standard InChI is InChI=1S/C21H20ClN7O/c1-13-10-14(2)28(26-13)19-9-4-16(11-23-19)12-24-21(30)20-25-15(3)29(27-20)18-7-5-17(22)6-8-18/h4-11H,12H2,1-3H3,(H,24,30). The molecule has 0 unspecified atom stereocenters. The second kappa shape index (κ2) is 8.08. The van der Waals surface area contributed by atoms with Crippen molar-refractivity contribution in [3.63, 3.8) is 0 Å². The van der Waals surface area contributed by atoms with Gasteiger partial charge < -0.3 is 5.32 Å². The Kier molecular flexibility index (Phi) is 5.33. The average molecular weight is 422 g/mol. The third-order valence-corrected chi connectivity index (χ3v) is 4.78. The maximum Gasteiger partial charge on any atom is 0.291 e. The Morgan fingerprint density at radius 2 is 1.80 bits per heavy atom. The fraction of sp³-hybridized carbons (Fsp3) is 0.190. The summed E-state index contributed by atoms with van der Waals surface area (Å²) in [6.07, 6.45) is 1.72. The summed E-state index contributed by atoms with van der Waals surface area (Å²) in [4.78, 5) is 21.2. The van der Waals surface area contributed by atoms with Crippen LogP contribution in [0.4, 0.5) is 0 Å². The SMILES string of the molecule is Cc1cc(C)n(-c2ccc(CNC(=O)c3nc(C)n(-c4ccc(Cl)cc4)n3)cn2)n1. The Morgan fingerprint density at radius 3 is 2.43 bits per heavy atom. The molecule has 0 fully saturated rings. The van der Waals surface area contributed by atoms with Gasteiger partial charge in [0.2, 0.25) is 5.82 Å². The van der Waals surface area contributed by atoms with E-state index in [-0.39, 0.29) is 11.7 Å². The number of halogens is 1. The topological polar surface area (TPSA) is 90.5 Å². The van der Waals surface area contributed by atoms with Crippen molar-refractivity contribution in [1.82, 2.24) is 34.8 Å². The highest BCUT2D eigenvalue weighted by Gasteiger charge is 2.15. The van der Waals surface area contributed by atoms with Gasteiger partial charge in [0.1, 0.15) is 5.82 Å². The Hall–Kier alpha value is -3.52. The van der Waals surface area contributed by atoms with Gasteiger partial charge in [0.15, 0.2) is 5.82 Å². The summed E-state index contributed by atoms with van der Waals surface area (Å²) in [6.45, 7) is 6.03. The molecule has 0 aliphatic carbocycles. The highest BCUT2D eigenvalue weighted by molar-refractivity contribution is 6.30. The number of nitrogens with one attached hydrogen (secondary N) is 1. The molecule has 0 saturated heterocycles. The van der Waals surface area contributed by atoms with Crippen molar-refractivity contribution in [1.29, 1.82) is 0 Å². The Morgan fingerprint density at radius 1 is 1.03 bits per heavy atom. The largest absolute Gasteiger partial charge is 0.345 e. The van der Waals surface area contributed by atoms with Gasteiger partial charge in [-0.15, -0.1) is 5.10 Å². The number of hydrogen-bond donors (Lipinski definition) is 1.